The van der Waals surface area contributed by atoms with E-state index < -0.39 is 0 Å². The zero-order valence-corrected chi connectivity index (χ0v) is 13.5. The smallest absolute Gasteiger partial charge is 0.250 e. The van der Waals surface area contributed by atoms with Gasteiger partial charge in [0.25, 0.3) is 5.56 Å². The largest absolute Gasteiger partial charge is 0.348 e. The Bertz CT molecular complexity index is 730. The van der Waals surface area contributed by atoms with Crippen LogP contribution in [-0.2, 0) is 17.9 Å². The van der Waals surface area contributed by atoms with Crippen molar-refractivity contribution in [3.05, 3.63) is 51.7 Å². The Morgan fingerprint density at radius 3 is 2.68 bits per heavy atom. The number of rotatable bonds is 5. The number of hydrogen-bond acceptors (Lipinski definition) is 3. The minimum atomic E-state index is -0.191. The molecular formula is C16H22N4O2. The van der Waals surface area contributed by atoms with E-state index in [0.717, 1.165) is 23.5 Å². The van der Waals surface area contributed by atoms with Crippen LogP contribution in [0.3, 0.4) is 0 Å². The van der Waals surface area contributed by atoms with Gasteiger partial charge in [-0.25, -0.2) is 0 Å². The van der Waals surface area contributed by atoms with E-state index in [-0.39, 0.29) is 24.1 Å². The van der Waals surface area contributed by atoms with Crippen LogP contribution in [-0.4, -0.2) is 20.3 Å². The predicted octanol–water partition coefficient (Wildman–Crippen LogP) is 1.56. The molecule has 6 nitrogen and oxygen atoms in total. The van der Waals surface area contributed by atoms with E-state index in [1.807, 2.05) is 32.4 Å². The summed E-state index contributed by atoms with van der Waals surface area (Å²) in [6, 6.07) is 4.69. The molecule has 1 atom stereocenters. The highest BCUT2D eigenvalue weighted by Crippen LogP contribution is 2.21. The quantitative estimate of drug-likeness (QED) is 0.911. The molecule has 1 amide bonds. The molecule has 2 rings (SSSR count). The van der Waals surface area contributed by atoms with Crippen molar-refractivity contribution in [1.29, 1.82) is 0 Å². The van der Waals surface area contributed by atoms with E-state index in [4.69, 9.17) is 0 Å². The molecule has 0 radical (unpaired) electrons. The predicted molar refractivity (Wildman–Crippen MR) is 84.6 cm³/mol. The summed E-state index contributed by atoms with van der Waals surface area (Å²) >= 11 is 0. The third-order valence-electron chi connectivity index (χ3n) is 3.76. The Morgan fingerprint density at radius 2 is 2.09 bits per heavy atom. The van der Waals surface area contributed by atoms with Gasteiger partial charge in [-0.15, -0.1) is 0 Å². The molecule has 0 saturated heterocycles. The number of nitrogens with one attached hydrogen (secondary N) is 1. The van der Waals surface area contributed by atoms with Gasteiger partial charge in [-0.2, -0.15) is 5.10 Å². The maximum Gasteiger partial charge on any atom is 0.250 e. The lowest BCUT2D eigenvalue weighted by Gasteiger charge is -2.15. The number of carbonyl (C=O) groups is 1. The highest BCUT2D eigenvalue weighted by molar-refractivity contribution is 5.76. The fourth-order valence-electron chi connectivity index (χ4n) is 2.75. The molecule has 0 aliphatic heterocycles. The van der Waals surface area contributed by atoms with E-state index in [9.17, 15) is 9.59 Å². The standard InChI is InChI=1S/C16H22N4O2/c1-5-20-13(4)16(12(3)18-20)11(2)17-14(21)10-19-9-7-6-8-15(19)22/h6-9,11H,5,10H2,1-4H3,(H,17,21). The number of aromatic nitrogens is 3. The first-order valence-electron chi connectivity index (χ1n) is 7.42. The number of aryl methyl sites for hydroxylation is 2. The number of hydrogen-bond donors (Lipinski definition) is 1. The molecule has 0 fully saturated rings. The van der Waals surface area contributed by atoms with Gasteiger partial charge in [0.1, 0.15) is 6.54 Å². The summed E-state index contributed by atoms with van der Waals surface area (Å²) < 4.78 is 3.31. The van der Waals surface area contributed by atoms with Gasteiger partial charge in [0.15, 0.2) is 0 Å². The van der Waals surface area contributed by atoms with Crippen LogP contribution < -0.4 is 10.9 Å². The second-order valence-corrected chi connectivity index (χ2v) is 5.36. The summed E-state index contributed by atoms with van der Waals surface area (Å²) in [6.45, 7) is 8.73. The van der Waals surface area contributed by atoms with Gasteiger partial charge in [0.2, 0.25) is 5.91 Å². The van der Waals surface area contributed by atoms with Gasteiger partial charge in [-0.3, -0.25) is 14.3 Å². The molecule has 2 heterocycles. The normalized spacial score (nSPS) is 12.2. The third-order valence-corrected chi connectivity index (χ3v) is 3.76. The maximum absolute atomic E-state index is 12.1. The molecule has 0 aromatic carbocycles. The van der Waals surface area contributed by atoms with Gasteiger partial charge >= 0.3 is 0 Å². The molecular weight excluding hydrogens is 280 g/mol. The zero-order valence-electron chi connectivity index (χ0n) is 13.5. The highest BCUT2D eigenvalue weighted by Gasteiger charge is 2.18. The Labute approximate surface area is 129 Å². The van der Waals surface area contributed by atoms with E-state index in [0.29, 0.717) is 0 Å². The SMILES string of the molecule is CCn1nc(C)c(C(C)NC(=O)Cn2ccccc2=O)c1C. The number of pyridine rings is 1. The highest BCUT2D eigenvalue weighted by atomic mass is 16.2. The van der Waals surface area contributed by atoms with Crippen molar-refractivity contribution in [2.24, 2.45) is 0 Å². The molecule has 0 spiro atoms. The average molecular weight is 302 g/mol. The van der Waals surface area contributed by atoms with Gasteiger partial charge in [-0.1, -0.05) is 6.07 Å². The number of amides is 1. The van der Waals surface area contributed by atoms with Gasteiger partial charge in [0, 0.05) is 30.1 Å². The third kappa shape index (κ3) is 3.27. The summed E-state index contributed by atoms with van der Waals surface area (Å²) in [5.41, 5.74) is 2.83. The van der Waals surface area contributed by atoms with Crippen molar-refractivity contribution < 1.29 is 4.79 Å². The Kier molecular flexibility index (Phi) is 4.80. The van der Waals surface area contributed by atoms with Crippen molar-refractivity contribution in [2.75, 3.05) is 0 Å². The fourth-order valence-corrected chi connectivity index (χ4v) is 2.75. The van der Waals surface area contributed by atoms with Crippen LogP contribution in [0.25, 0.3) is 0 Å². The molecule has 22 heavy (non-hydrogen) atoms. The van der Waals surface area contributed by atoms with Crippen LogP contribution in [0.1, 0.15) is 36.8 Å². The van der Waals surface area contributed by atoms with Gasteiger partial charge < -0.3 is 9.88 Å². The van der Waals surface area contributed by atoms with E-state index in [2.05, 4.69) is 10.4 Å². The second-order valence-electron chi connectivity index (χ2n) is 5.36. The van der Waals surface area contributed by atoms with Crippen molar-refractivity contribution in [3.8, 4) is 0 Å². The molecule has 0 bridgehead atoms. The second kappa shape index (κ2) is 6.60. The summed E-state index contributed by atoms with van der Waals surface area (Å²) in [5, 5.41) is 7.40. The average Bonchev–Trinajstić information content (AvgIpc) is 2.75. The van der Waals surface area contributed by atoms with Crippen LogP contribution >= 0.6 is 0 Å². The minimum absolute atomic E-state index is 0.0179. The zero-order chi connectivity index (χ0) is 16.3. The fraction of sp³-hybridized carbons (Fsp3) is 0.438. The molecule has 0 aliphatic rings. The minimum Gasteiger partial charge on any atom is -0.348 e. The lowest BCUT2D eigenvalue weighted by Crippen LogP contribution is -2.33. The lowest BCUT2D eigenvalue weighted by molar-refractivity contribution is -0.122. The molecule has 118 valence electrons. The number of nitrogens with zero attached hydrogens (tertiary/aromatic N) is 3. The Morgan fingerprint density at radius 1 is 1.36 bits per heavy atom. The monoisotopic (exact) mass is 302 g/mol. The van der Waals surface area contributed by atoms with Gasteiger partial charge in [-0.05, 0) is 33.8 Å². The van der Waals surface area contributed by atoms with Gasteiger partial charge in [0.05, 0.1) is 11.7 Å². The van der Waals surface area contributed by atoms with Crippen LogP contribution in [0.4, 0.5) is 0 Å². The van der Waals surface area contributed by atoms with Crippen molar-refractivity contribution in [3.63, 3.8) is 0 Å². The van der Waals surface area contributed by atoms with E-state index >= 15 is 0 Å². The molecule has 0 aliphatic carbocycles. The van der Waals surface area contributed by atoms with Crippen LogP contribution in [0.2, 0.25) is 0 Å². The molecule has 6 heteroatoms. The molecule has 1 unspecified atom stereocenters. The first kappa shape index (κ1) is 16.0. The Balaban J connectivity index is 2.11. The topological polar surface area (TPSA) is 68.9 Å². The molecule has 0 saturated carbocycles. The lowest BCUT2D eigenvalue weighted by atomic mass is 10.1. The van der Waals surface area contributed by atoms with Crippen LogP contribution in [0, 0.1) is 13.8 Å². The molecule has 2 aromatic rings. The van der Waals surface area contributed by atoms with Crippen molar-refractivity contribution in [1.82, 2.24) is 19.7 Å². The van der Waals surface area contributed by atoms with Crippen molar-refractivity contribution in [2.45, 2.75) is 46.8 Å². The van der Waals surface area contributed by atoms with E-state index in [1.54, 1.807) is 18.3 Å². The summed E-state index contributed by atoms with van der Waals surface area (Å²) in [4.78, 5) is 23.8. The van der Waals surface area contributed by atoms with Crippen LogP contribution in [0.15, 0.2) is 29.2 Å². The summed E-state index contributed by atoms with van der Waals surface area (Å²) in [5.74, 6) is -0.191. The summed E-state index contributed by atoms with van der Waals surface area (Å²) in [7, 11) is 0. The Hall–Kier alpha value is -2.37. The van der Waals surface area contributed by atoms with Crippen LogP contribution in [0.5, 0.6) is 0 Å². The first-order chi connectivity index (χ1) is 10.4. The van der Waals surface area contributed by atoms with E-state index in [1.165, 1.54) is 10.6 Å². The maximum atomic E-state index is 12.1. The summed E-state index contributed by atoms with van der Waals surface area (Å²) in [6.07, 6.45) is 1.61. The molecule has 1 N–H and O–H groups in total. The first-order valence-corrected chi connectivity index (χ1v) is 7.42. The molecule has 2 aromatic heterocycles. The van der Waals surface area contributed by atoms with Crippen molar-refractivity contribution >= 4 is 5.91 Å². The number of carbonyl (C=O) groups excluding carboxylic acids is 1.